The van der Waals surface area contributed by atoms with Crippen molar-refractivity contribution in [1.29, 1.82) is 0 Å². The third kappa shape index (κ3) is 2.08. The molecule has 4 rings (SSSR count). The molecule has 0 saturated heterocycles. The van der Waals surface area contributed by atoms with Crippen LogP contribution >= 0.6 is 11.3 Å². The summed E-state index contributed by atoms with van der Waals surface area (Å²) in [4.78, 5) is 17.9. The molecule has 2 heterocycles. The standard InChI is InChI=1S/C18H13FN2OS/c1-10-7-8-14-16(11(10)2)20-18-21(14)17(22)15(23-18)9-12-5-3-4-6-13(12)19/h3-9H,1-2H3. The van der Waals surface area contributed by atoms with Crippen molar-refractivity contribution in [3.8, 4) is 0 Å². The van der Waals surface area contributed by atoms with E-state index >= 15 is 0 Å². The fourth-order valence-corrected chi connectivity index (χ4v) is 3.67. The van der Waals surface area contributed by atoms with Gasteiger partial charge in [0.15, 0.2) is 4.96 Å². The van der Waals surface area contributed by atoms with Crippen LogP contribution in [0.1, 0.15) is 16.7 Å². The maximum absolute atomic E-state index is 13.8. The molecule has 0 N–H and O–H groups in total. The largest absolute Gasteiger partial charge is 0.274 e. The third-order valence-corrected chi connectivity index (χ3v) is 5.10. The Bertz CT molecular complexity index is 1170. The van der Waals surface area contributed by atoms with E-state index in [1.54, 1.807) is 28.7 Å². The van der Waals surface area contributed by atoms with Gasteiger partial charge in [0, 0.05) is 5.56 Å². The fourth-order valence-electron chi connectivity index (χ4n) is 2.70. The van der Waals surface area contributed by atoms with Gasteiger partial charge in [0.25, 0.3) is 5.56 Å². The second-order valence-electron chi connectivity index (χ2n) is 5.54. The molecule has 0 aliphatic rings. The van der Waals surface area contributed by atoms with Crippen LogP contribution in [0.2, 0.25) is 0 Å². The number of aromatic nitrogens is 2. The van der Waals surface area contributed by atoms with Crippen LogP contribution in [0.15, 0.2) is 41.2 Å². The number of hydrogen-bond donors (Lipinski definition) is 0. The summed E-state index contributed by atoms with van der Waals surface area (Å²) in [5.74, 6) is -0.339. The lowest BCUT2D eigenvalue weighted by Gasteiger charge is -1.99. The van der Waals surface area contributed by atoms with Crippen LogP contribution in [0.25, 0.3) is 22.1 Å². The molecule has 0 radical (unpaired) electrons. The fraction of sp³-hybridized carbons (Fsp3) is 0.111. The first-order valence-corrected chi connectivity index (χ1v) is 8.05. The van der Waals surface area contributed by atoms with Crippen molar-refractivity contribution >= 4 is 33.4 Å². The molecule has 5 heteroatoms. The van der Waals surface area contributed by atoms with Crippen molar-refractivity contribution in [2.75, 3.05) is 0 Å². The highest BCUT2D eigenvalue weighted by molar-refractivity contribution is 7.15. The number of halogens is 1. The quantitative estimate of drug-likeness (QED) is 0.539. The van der Waals surface area contributed by atoms with E-state index in [0.29, 0.717) is 15.1 Å². The van der Waals surface area contributed by atoms with E-state index in [1.165, 1.54) is 17.4 Å². The number of rotatable bonds is 1. The Morgan fingerprint density at radius 3 is 2.74 bits per heavy atom. The number of fused-ring (bicyclic) bond motifs is 3. The number of imidazole rings is 1. The average Bonchev–Trinajstić information content (AvgIpc) is 3.04. The normalized spacial score (nSPS) is 12.6. The van der Waals surface area contributed by atoms with Crippen molar-refractivity contribution in [2.24, 2.45) is 0 Å². The molecule has 0 spiro atoms. The minimum atomic E-state index is -0.339. The lowest BCUT2D eigenvalue weighted by atomic mass is 10.1. The molecule has 0 atom stereocenters. The smallest absolute Gasteiger partial charge is 0.267 e. The van der Waals surface area contributed by atoms with Gasteiger partial charge in [0.1, 0.15) is 5.82 Å². The predicted octanol–water partition coefficient (Wildman–Crippen LogP) is 3.21. The highest BCUT2D eigenvalue weighted by atomic mass is 32.1. The third-order valence-electron chi connectivity index (χ3n) is 4.13. The van der Waals surface area contributed by atoms with Gasteiger partial charge >= 0.3 is 0 Å². The van der Waals surface area contributed by atoms with Crippen LogP contribution in [0, 0.1) is 19.7 Å². The Morgan fingerprint density at radius 1 is 1.17 bits per heavy atom. The molecule has 0 unspecified atom stereocenters. The first-order valence-electron chi connectivity index (χ1n) is 7.23. The molecule has 0 fully saturated rings. The number of hydrogen-bond acceptors (Lipinski definition) is 3. The minimum Gasteiger partial charge on any atom is -0.267 e. The zero-order valence-corrected chi connectivity index (χ0v) is 13.4. The molecular weight excluding hydrogens is 311 g/mol. The molecule has 0 bridgehead atoms. The Balaban J connectivity index is 2.05. The highest BCUT2D eigenvalue weighted by Crippen LogP contribution is 2.22. The van der Waals surface area contributed by atoms with Gasteiger partial charge in [0.2, 0.25) is 0 Å². The lowest BCUT2D eigenvalue weighted by Crippen LogP contribution is -2.22. The van der Waals surface area contributed by atoms with Crippen molar-refractivity contribution < 1.29 is 4.39 Å². The first kappa shape index (κ1) is 14.1. The van der Waals surface area contributed by atoms with Crippen molar-refractivity contribution in [3.05, 3.63) is 73.8 Å². The molecule has 0 saturated carbocycles. The molecule has 0 amide bonds. The summed E-state index contributed by atoms with van der Waals surface area (Å²) in [5.41, 5.74) is 4.14. The second-order valence-corrected chi connectivity index (χ2v) is 6.55. The van der Waals surface area contributed by atoms with Gasteiger partial charge in [-0.05, 0) is 43.2 Å². The van der Waals surface area contributed by atoms with E-state index in [9.17, 15) is 9.18 Å². The van der Waals surface area contributed by atoms with Gasteiger partial charge in [-0.1, -0.05) is 35.6 Å². The summed E-state index contributed by atoms with van der Waals surface area (Å²) in [7, 11) is 0. The monoisotopic (exact) mass is 324 g/mol. The van der Waals surface area contributed by atoms with Crippen molar-refractivity contribution in [2.45, 2.75) is 13.8 Å². The number of aryl methyl sites for hydroxylation is 2. The van der Waals surface area contributed by atoms with Gasteiger partial charge < -0.3 is 0 Å². The number of thiazole rings is 1. The van der Waals surface area contributed by atoms with Gasteiger partial charge in [-0.2, -0.15) is 0 Å². The van der Waals surface area contributed by atoms with Crippen molar-refractivity contribution in [3.63, 3.8) is 0 Å². The Hall–Kier alpha value is -2.53. The van der Waals surface area contributed by atoms with Crippen LogP contribution in [0.4, 0.5) is 4.39 Å². The van der Waals surface area contributed by atoms with E-state index in [0.717, 1.165) is 22.2 Å². The maximum atomic E-state index is 13.8. The van der Waals surface area contributed by atoms with E-state index < -0.39 is 0 Å². The van der Waals surface area contributed by atoms with E-state index in [-0.39, 0.29) is 11.4 Å². The second kappa shape index (κ2) is 4.99. The minimum absolute atomic E-state index is 0.154. The number of nitrogens with zero attached hydrogens (tertiary/aromatic N) is 2. The summed E-state index contributed by atoms with van der Waals surface area (Å²) in [6.07, 6.45) is 1.59. The summed E-state index contributed by atoms with van der Waals surface area (Å²) in [5, 5.41) is 0. The van der Waals surface area contributed by atoms with Crippen LogP contribution in [-0.4, -0.2) is 9.38 Å². The highest BCUT2D eigenvalue weighted by Gasteiger charge is 2.13. The predicted molar refractivity (Wildman–Crippen MR) is 91.5 cm³/mol. The summed E-state index contributed by atoms with van der Waals surface area (Å²) >= 11 is 1.28. The molecule has 23 heavy (non-hydrogen) atoms. The molecule has 3 nitrogen and oxygen atoms in total. The molecule has 4 aromatic rings. The summed E-state index contributed by atoms with van der Waals surface area (Å²) in [6, 6.07) is 10.3. The van der Waals surface area contributed by atoms with Crippen LogP contribution in [0.5, 0.6) is 0 Å². The SMILES string of the molecule is Cc1ccc2c(nc3sc(=Cc4ccccc4F)c(=O)n32)c1C. The Labute approximate surface area is 135 Å². The first-order chi connectivity index (χ1) is 11.1. The van der Waals surface area contributed by atoms with Crippen molar-refractivity contribution in [1.82, 2.24) is 9.38 Å². The molecule has 0 aliphatic carbocycles. The van der Waals surface area contributed by atoms with Gasteiger partial charge in [-0.3, -0.25) is 4.79 Å². The van der Waals surface area contributed by atoms with Crippen LogP contribution in [0.3, 0.4) is 0 Å². The van der Waals surface area contributed by atoms with Gasteiger partial charge in [-0.25, -0.2) is 13.8 Å². The zero-order valence-electron chi connectivity index (χ0n) is 12.6. The van der Waals surface area contributed by atoms with Gasteiger partial charge in [-0.15, -0.1) is 0 Å². The summed E-state index contributed by atoms with van der Waals surface area (Å²) in [6.45, 7) is 4.03. The molecule has 2 aromatic carbocycles. The Kier molecular flexibility index (Phi) is 3.06. The Morgan fingerprint density at radius 2 is 1.96 bits per heavy atom. The van der Waals surface area contributed by atoms with E-state index in [2.05, 4.69) is 4.98 Å². The summed E-state index contributed by atoms with van der Waals surface area (Å²) < 4.78 is 15.9. The lowest BCUT2D eigenvalue weighted by molar-refractivity contribution is 0.625. The van der Waals surface area contributed by atoms with E-state index in [4.69, 9.17) is 0 Å². The molecule has 2 aromatic heterocycles. The van der Waals surface area contributed by atoms with Crippen LogP contribution < -0.4 is 10.1 Å². The van der Waals surface area contributed by atoms with Crippen LogP contribution in [-0.2, 0) is 0 Å². The molecular formula is C18H13FN2OS. The topological polar surface area (TPSA) is 34.4 Å². The number of benzene rings is 2. The molecule has 114 valence electrons. The molecule has 0 aliphatic heterocycles. The zero-order chi connectivity index (χ0) is 16.1. The average molecular weight is 324 g/mol. The maximum Gasteiger partial charge on any atom is 0.274 e. The van der Waals surface area contributed by atoms with E-state index in [1.807, 2.05) is 26.0 Å². The van der Waals surface area contributed by atoms with Gasteiger partial charge in [0.05, 0.1) is 15.6 Å².